The van der Waals surface area contributed by atoms with Gasteiger partial charge in [0.2, 0.25) is 0 Å². The molecule has 180 valence electrons. The van der Waals surface area contributed by atoms with Gasteiger partial charge in [0.1, 0.15) is 18.1 Å². The van der Waals surface area contributed by atoms with Crippen molar-refractivity contribution in [1.29, 1.82) is 0 Å². The van der Waals surface area contributed by atoms with Gasteiger partial charge in [-0.1, -0.05) is 59.7 Å². The van der Waals surface area contributed by atoms with Crippen LogP contribution in [-0.4, -0.2) is 42.0 Å². The number of rotatable bonds is 8. The first kappa shape index (κ1) is 24.2. The number of ether oxygens (including phenoxy) is 2. The molecule has 0 aromatic heterocycles. The highest BCUT2D eigenvalue weighted by molar-refractivity contribution is 6.46. The lowest BCUT2D eigenvalue weighted by Gasteiger charge is -2.25. The summed E-state index contributed by atoms with van der Waals surface area (Å²) in [5.41, 5.74) is 4.55. The van der Waals surface area contributed by atoms with Crippen molar-refractivity contribution < 1.29 is 24.2 Å². The SMILES string of the molecule is COCCN1C(=O)C(=O)C(=C(O)c2ccc(OCc3cccc(C)c3)cc2)[C@H]1c1ccc(C)cc1. The average molecular weight is 472 g/mol. The predicted molar refractivity (Wildman–Crippen MR) is 134 cm³/mol. The molecule has 3 aromatic rings. The highest BCUT2D eigenvalue weighted by atomic mass is 16.5. The van der Waals surface area contributed by atoms with Crippen LogP contribution in [0.15, 0.2) is 78.4 Å². The van der Waals surface area contributed by atoms with E-state index in [0.717, 1.165) is 22.3 Å². The molecule has 0 aliphatic carbocycles. The maximum absolute atomic E-state index is 13.0. The number of Topliss-reactive ketones (excluding diaryl/α,β-unsaturated/α-hetero) is 1. The van der Waals surface area contributed by atoms with E-state index in [0.29, 0.717) is 17.9 Å². The fourth-order valence-electron chi connectivity index (χ4n) is 4.23. The standard InChI is InChI=1S/C29H29NO5/c1-19-7-9-22(10-8-19)26-25(28(32)29(33)30(26)15-16-34-3)27(31)23-11-13-24(14-12-23)35-18-21-6-4-5-20(2)17-21/h4-14,17,26,31H,15-16,18H2,1-3H3/t26-/m1/s1. The summed E-state index contributed by atoms with van der Waals surface area (Å²) >= 11 is 0. The maximum Gasteiger partial charge on any atom is 0.295 e. The van der Waals surface area contributed by atoms with Crippen molar-refractivity contribution in [2.75, 3.05) is 20.3 Å². The zero-order chi connectivity index (χ0) is 24.9. The summed E-state index contributed by atoms with van der Waals surface area (Å²) in [6, 6.07) is 21.9. The third-order valence-corrected chi connectivity index (χ3v) is 6.09. The van der Waals surface area contributed by atoms with Gasteiger partial charge in [-0.05, 0) is 49.2 Å². The summed E-state index contributed by atoms with van der Waals surface area (Å²) < 4.78 is 11.0. The van der Waals surface area contributed by atoms with E-state index >= 15 is 0 Å². The number of benzene rings is 3. The minimum atomic E-state index is -0.705. The molecule has 0 radical (unpaired) electrons. The largest absolute Gasteiger partial charge is 0.507 e. The van der Waals surface area contributed by atoms with E-state index < -0.39 is 17.7 Å². The number of carbonyl (C=O) groups excluding carboxylic acids is 2. The molecule has 1 amide bonds. The van der Waals surface area contributed by atoms with Crippen LogP contribution in [-0.2, 0) is 20.9 Å². The van der Waals surface area contributed by atoms with E-state index in [4.69, 9.17) is 9.47 Å². The van der Waals surface area contributed by atoms with Crippen LogP contribution < -0.4 is 4.74 Å². The molecule has 1 atom stereocenters. The minimum Gasteiger partial charge on any atom is -0.507 e. The van der Waals surface area contributed by atoms with Gasteiger partial charge >= 0.3 is 0 Å². The lowest BCUT2D eigenvalue weighted by molar-refractivity contribution is -0.140. The van der Waals surface area contributed by atoms with Crippen LogP contribution in [0.1, 0.15) is 33.9 Å². The summed E-state index contributed by atoms with van der Waals surface area (Å²) in [5, 5.41) is 11.2. The monoisotopic (exact) mass is 471 g/mol. The Hall–Kier alpha value is -3.90. The predicted octanol–water partition coefficient (Wildman–Crippen LogP) is 4.95. The fourth-order valence-corrected chi connectivity index (χ4v) is 4.23. The number of hydrogen-bond acceptors (Lipinski definition) is 5. The fraction of sp³-hybridized carbons (Fsp3) is 0.241. The van der Waals surface area contributed by atoms with Crippen molar-refractivity contribution >= 4 is 17.4 Å². The second-order valence-electron chi connectivity index (χ2n) is 8.70. The summed E-state index contributed by atoms with van der Waals surface area (Å²) in [6.45, 7) is 4.94. The Morgan fingerprint density at radius 2 is 1.66 bits per heavy atom. The van der Waals surface area contributed by atoms with E-state index in [1.54, 1.807) is 31.4 Å². The topological polar surface area (TPSA) is 76.1 Å². The Kier molecular flexibility index (Phi) is 7.32. The summed E-state index contributed by atoms with van der Waals surface area (Å²) in [6.07, 6.45) is 0. The molecule has 0 saturated carbocycles. The summed E-state index contributed by atoms with van der Waals surface area (Å²) in [4.78, 5) is 27.3. The normalized spacial score (nSPS) is 17.1. The number of ketones is 1. The van der Waals surface area contributed by atoms with Crippen LogP contribution in [0.2, 0.25) is 0 Å². The Morgan fingerprint density at radius 1 is 0.943 bits per heavy atom. The molecule has 6 nitrogen and oxygen atoms in total. The Labute approximate surface area is 205 Å². The van der Waals surface area contributed by atoms with Crippen molar-refractivity contribution in [2.24, 2.45) is 0 Å². The zero-order valence-electron chi connectivity index (χ0n) is 20.2. The van der Waals surface area contributed by atoms with Gasteiger partial charge in [0.15, 0.2) is 0 Å². The molecule has 0 unspecified atom stereocenters. The van der Waals surface area contributed by atoms with Crippen molar-refractivity contribution in [2.45, 2.75) is 26.5 Å². The number of nitrogens with zero attached hydrogens (tertiary/aromatic N) is 1. The van der Waals surface area contributed by atoms with Crippen LogP contribution in [0.4, 0.5) is 0 Å². The van der Waals surface area contributed by atoms with Crippen LogP contribution in [0.5, 0.6) is 5.75 Å². The Bertz CT molecular complexity index is 1240. The van der Waals surface area contributed by atoms with E-state index in [1.807, 2.05) is 56.3 Å². The molecule has 35 heavy (non-hydrogen) atoms. The van der Waals surface area contributed by atoms with Gasteiger partial charge in [0, 0.05) is 19.2 Å². The first-order valence-corrected chi connectivity index (χ1v) is 11.5. The molecule has 1 aliphatic heterocycles. The van der Waals surface area contributed by atoms with Crippen molar-refractivity contribution in [3.8, 4) is 5.75 Å². The van der Waals surface area contributed by atoms with Gasteiger partial charge in [-0.3, -0.25) is 9.59 Å². The van der Waals surface area contributed by atoms with Gasteiger partial charge in [-0.15, -0.1) is 0 Å². The van der Waals surface area contributed by atoms with Gasteiger partial charge < -0.3 is 19.5 Å². The van der Waals surface area contributed by atoms with E-state index in [-0.39, 0.29) is 24.5 Å². The van der Waals surface area contributed by atoms with Crippen LogP contribution in [0, 0.1) is 13.8 Å². The summed E-state index contributed by atoms with van der Waals surface area (Å²) in [5.74, 6) is -0.922. The summed E-state index contributed by atoms with van der Waals surface area (Å²) in [7, 11) is 1.54. The molecule has 0 spiro atoms. The number of methoxy groups -OCH3 is 1. The lowest BCUT2D eigenvalue weighted by atomic mass is 9.94. The molecule has 0 bridgehead atoms. The number of aryl methyl sites for hydroxylation is 2. The number of aliphatic hydroxyl groups excluding tert-OH is 1. The van der Waals surface area contributed by atoms with Crippen LogP contribution >= 0.6 is 0 Å². The highest BCUT2D eigenvalue weighted by Gasteiger charge is 2.45. The number of amides is 1. The van der Waals surface area contributed by atoms with E-state index in [2.05, 4.69) is 6.07 Å². The smallest absolute Gasteiger partial charge is 0.295 e. The first-order chi connectivity index (χ1) is 16.9. The van der Waals surface area contributed by atoms with E-state index in [1.165, 1.54) is 4.90 Å². The third kappa shape index (κ3) is 5.28. The van der Waals surface area contributed by atoms with E-state index in [9.17, 15) is 14.7 Å². The second kappa shape index (κ2) is 10.6. The van der Waals surface area contributed by atoms with Crippen LogP contribution in [0.25, 0.3) is 5.76 Å². The maximum atomic E-state index is 13.0. The number of likely N-dealkylation sites (tertiary alicyclic amines) is 1. The highest BCUT2D eigenvalue weighted by Crippen LogP contribution is 2.39. The number of aliphatic hydroxyl groups is 1. The third-order valence-electron chi connectivity index (χ3n) is 6.09. The van der Waals surface area contributed by atoms with Crippen molar-refractivity contribution in [3.05, 3.63) is 106 Å². The van der Waals surface area contributed by atoms with Gasteiger partial charge in [-0.2, -0.15) is 0 Å². The van der Waals surface area contributed by atoms with Gasteiger partial charge in [0.25, 0.3) is 11.7 Å². The quantitative estimate of drug-likeness (QED) is 0.286. The van der Waals surface area contributed by atoms with Gasteiger partial charge in [-0.25, -0.2) is 0 Å². The molecule has 1 heterocycles. The minimum absolute atomic E-state index is 0.0726. The molecule has 6 heteroatoms. The lowest BCUT2D eigenvalue weighted by Crippen LogP contribution is -2.32. The molecule has 1 aliphatic rings. The second-order valence-corrected chi connectivity index (χ2v) is 8.70. The zero-order valence-corrected chi connectivity index (χ0v) is 20.2. The first-order valence-electron chi connectivity index (χ1n) is 11.5. The Balaban J connectivity index is 1.63. The average Bonchev–Trinajstić information content (AvgIpc) is 3.11. The molecule has 3 aromatic carbocycles. The van der Waals surface area contributed by atoms with Crippen molar-refractivity contribution in [1.82, 2.24) is 4.90 Å². The molecule has 1 fully saturated rings. The van der Waals surface area contributed by atoms with Gasteiger partial charge in [0.05, 0.1) is 18.2 Å². The molecular formula is C29H29NO5. The number of carbonyl (C=O) groups is 2. The molecule has 1 saturated heterocycles. The van der Waals surface area contributed by atoms with Crippen LogP contribution in [0.3, 0.4) is 0 Å². The molecule has 1 N–H and O–H groups in total. The molecular weight excluding hydrogens is 442 g/mol. The molecule has 4 rings (SSSR count). The number of hydrogen-bond donors (Lipinski definition) is 1. The van der Waals surface area contributed by atoms with Crippen molar-refractivity contribution in [3.63, 3.8) is 0 Å². The Morgan fingerprint density at radius 3 is 2.31 bits per heavy atom.